The number of aromatic nitrogens is 3. The van der Waals surface area contributed by atoms with Gasteiger partial charge in [0.25, 0.3) is 0 Å². The van der Waals surface area contributed by atoms with E-state index in [1.165, 1.54) is 0 Å². The van der Waals surface area contributed by atoms with Crippen molar-refractivity contribution >= 4 is 5.95 Å². The second-order valence-electron chi connectivity index (χ2n) is 3.88. The molecule has 0 atom stereocenters. The number of anilines is 1. The Morgan fingerprint density at radius 1 is 1.25 bits per heavy atom. The second-order valence-corrected chi connectivity index (χ2v) is 3.88. The molecule has 2 heterocycles. The molecule has 2 rings (SSSR count). The molecule has 0 unspecified atom stereocenters. The lowest BCUT2D eigenvalue weighted by molar-refractivity contribution is -0.100. The Morgan fingerprint density at radius 3 is 2.50 bits per heavy atom. The Bertz CT molecular complexity index is 357. The third-order valence-corrected chi connectivity index (χ3v) is 2.86. The maximum atomic E-state index is 5.63. The van der Waals surface area contributed by atoms with Crippen LogP contribution < -0.4 is 5.73 Å². The van der Waals surface area contributed by atoms with Gasteiger partial charge in [0, 0.05) is 33.2 Å². The fourth-order valence-corrected chi connectivity index (χ4v) is 1.93. The molecule has 1 aliphatic rings. The van der Waals surface area contributed by atoms with Gasteiger partial charge in [-0.25, -0.2) is 4.98 Å². The second kappa shape index (κ2) is 4.31. The lowest BCUT2D eigenvalue weighted by Crippen LogP contribution is -2.37. The van der Waals surface area contributed by atoms with E-state index in [9.17, 15) is 0 Å². The number of nitrogens with zero attached hydrogens (tertiary/aromatic N) is 3. The highest BCUT2D eigenvalue weighted by Crippen LogP contribution is 2.33. The molecule has 0 aromatic carbocycles. The van der Waals surface area contributed by atoms with E-state index in [0.29, 0.717) is 24.9 Å². The molecule has 88 valence electrons. The maximum absolute atomic E-state index is 5.63. The molecule has 1 fully saturated rings. The van der Waals surface area contributed by atoms with E-state index < -0.39 is 5.60 Å². The molecule has 0 saturated carbocycles. The highest BCUT2D eigenvalue weighted by Gasteiger charge is 2.37. The van der Waals surface area contributed by atoms with Gasteiger partial charge in [0.15, 0.2) is 5.82 Å². The molecule has 6 nitrogen and oxygen atoms in total. The van der Waals surface area contributed by atoms with Gasteiger partial charge in [-0.3, -0.25) is 0 Å². The van der Waals surface area contributed by atoms with E-state index in [4.69, 9.17) is 15.2 Å². The molecule has 1 aromatic heterocycles. The van der Waals surface area contributed by atoms with E-state index >= 15 is 0 Å². The number of ether oxygens (including phenoxy) is 2. The van der Waals surface area contributed by atoms with E-state index in [1.807, 2.05) is 0 Å². The van der Waals surface area contributed by atoms with Crippen molar-refractivity contribution in [3.05, 3.63) is 11.6 Å². The van der Waals surface area contributed by atoms with Gasteiger partial charge >= 0.3 is 0 Å². The molecular weight excluding hydrogens is 208 g/mol. The summed E-state index contributed by atoms with van der Waals surface area (Å²) in [5.41, 5.74) is 5.16. The van der Waals surface area contributed by atoms with E-state index in [2.05, 4.69) is 15.0 Å². The molecule has 0 bridgehead atoms. The summed E-state index contributed by atoms with van der Waals surface area (Å²) in [7, 11) is 1.67. The van der Waals surface area contributed by atoms with Crippen molar-refractivity contribution in [1.29, 1.82) is 0 Å². The van der Waals surface area contributed by atoms with Crippen LogP contribution in [0.1, 0.15) is 24.5 Å². The van der Waals surface area contributed by atoms with Crippen LogP contribution in [0.3, 0.4) is 0 Å². The quantitative estimate of drug-likeness (QED) is 0.783. The zero-order chi connectivity index (χ0) is 11.6. The van der Waals surface area contributed by atoms with E-state index in [-0.39, 0.29) is 5.95 Å². The first-order chi connectivity index (χ1) is 7.66. The lowest BCUT2D eigenvalue weighted by atomic mass is 9.93. The fraction of sp³-hybridized carbons (Fsp3) is 0.700. The summed E-state index contributed by atoms with van der Waals surface area (Å²) < 4.78 is 10.9. The van der Waals surface area contributed by atoms with Gasteiger partial charge < -0.3 is 15.2 Å². The first kappa shape index (κ1) is 11.2. The van der Waals surface area contributed by atoms with Crippen molar-refractivity contribution in [2.75, 3.05) is 26.1 Å². The number of rotatable bonds is 2. The number of aryl methyl sites for hydroxylation is 1. The highest BCUT2D eigenvalue weighted by molar-refractivity contribution is 5.18. The van der Waals surface area contributed by atoms with E-state index in [1.54, 1.807) is 14.0 Å². The molecule has 2 N–H and O–H groups in total. The van der Waals surface area contributed by atoms with Gasteiger partial charge in [0.2, 0.25) is 5.95 Å². The topological polar surface area (TPSA) is 83.2 Å². The Kier molecular flexibility index (Phi) is 3.02. The highest BCUT2D eigenvalue weighted by atomic mass is 16.5. The molecule has 1 aliphatic heterocycles. The van der Waals surface area contributed by atoms with E-state index in [0.717, 1.165) is 12.8 Å². The predicted octanol–water partition coefficient (Wildman–Crippen LogP) is 0.414. The van der Waals surface area contributed by atoms with Crippen molar-refractivity contribution < 1.29 is 9.47 Å². The average Bonchev–Trinajstić information content (AvgIpc) is 2.28. The average molecular weight is 224 g/mol. The van der Waals surface area contributed by atoms with Gasteiger partial charge in [-0.15, -0.1) is 0 Å². The summed E-state index contributed by atoms with van der Waals surface area (Å²) in [6, 6.07) is 0. The zero-order valence-electron chi connectivity index (χ0n) is 9.56. The Balaban J connectivity index is 2.38. The van der Waals surface area contributed by atoms with Crippen molar-refractivity contribution in [2.45, 2.75) is 25.4 Å². The normalized spacial score (nSPS) is 19.6. The minimum Gasteiger partial charge on any atom is -0.381 e. The van der Waals surface area contributed by atoms with Crippen LogP contribution in [-0.4, -0.2) is 35.3 Å². The van der Waals surface area contributed by atoms with Gasteiger partial charge in [-0.05, 0) is 6.92 Å². The Hall–Kier alpha value is -1.27. The summed E-state index contributed by atoms with van der Waals surface area (Å²) in [6.45, 7) is 3.10. The smallest absolute Gasteiger partial charge is 0.223 e. The third-order valence-electron chi connectivity index (χ3n) is 2.86. The van der Waals surface area contributed by atoms with Gasteiger partial charge in [-0.1, -0.05) is 0 Å². The lowest BCUT2D eigenvalue weighted by Gasteiger charge is -2.34. The molecule has 1 saturated heterocycles. The molecule has 0 spiro atoms. The van der Waals surface area contributed by atoms with Crippen molar-refractivity contribution in [1.82, 2.24) is 15.0 Å². The first-order valence-electron chi connectivity index (χ1n) is 5.28. The number of hydrogen-bond donors (Lipinski definition) is 1. The van der Waals surface area contributed by atoms with Gasteiger partial charge in [0.05, 0.1) is 0 Å². The van der Waals surface area contributed by atoms with Crippen LogP contribution >= 0.6 is 0 Å². The minimum atomic E-state index is -0.472. The van der Waals surface area contributed by atoms with Crippen LogP contribution in [0.5, 0.6) is 0 Å². The van der Waals surface area contributed by atoms with Gasteiger partial charge in [-0.2, -0.15) is 9.97 Å². The molecular formula is C10H16N4O2. The minimum absolute atomic E-state index is 0.241. The Labute approximate surface area is 94.2 Å². The van der Waals surface area contributed by atoms with Crippen LogP contribution in [0.2, 0.25) is 0 Å². The van der Waals surface area contributed by atoms with Gasteiger partial charge in [0.1, 0.15) is 11.4 Å². The van der Waals surface area contributed by atoms with Crippen LogP contribution in [0.4, 0.5) is 5.95 Å². The molecule has 6 heteroatoms. The number of methoxy groups -OCH3 is 1. The largest absolute Gasteiger partial charge is 0.381 e. The predicted molar refractivity (Wildman–Crippen MR) is 57.7 cm³/mol. The molecule has 16 heavy (non-hydrogen) atoms. The summed E-state index contributed by atoms with van der Waals surface area (Å²) in [4.78, 5) is 12.5. The standard InChI is InChI=1S/C10H16N4O2/c1-7-12-8(14-9(11)13-7)10(15-2)3-5-16-6-4-10/h3-6H2,1-2H3,(H2,11,12,13,14). The van der Waals surface area contributed by atoms with Crippen molar-refractivity contribution in [2.24, 2.45) is 0 Å². The monoisotopic (exact) mass is 224 g/mol. The molecule has 1 aromatic rings. The zero-order valence-corrected chi connectivity index (χ0v) is 9.56. The fourth-order valence-electron chi connectivity index (χ4n) is 1.93. The molecule has 0 radical (unpaired) electrons. The van der Waals surface area contributed by atoms with Crippen LogP contribution in [0.25, 0.3) is 0 Å². The third kappa shape index (κ3) is 1.98. The summed E-state index contributed by atoms with van der Waals surface area (Å²) in [5, 5.41) is 0. The van der Waals surface area contributed by atoms with Crippen molar-refractivity contribution in [3.63, 3.8) is 0 Å². The SMILES string of the molecule is COC1(c2nc(C)nc(N)n2)CCOCC1. The summed E-state index contributed by atoms with van der Waals surface area (Å²) in [6.07, 6.45) is 1.48. The Morgan fingerprint density at radius 2 is 1.94 bits per heavy atom. The van der Waals surface area contributed by atoms with Crippen LogP contribution in [0, 0.1) is 6.92 Å². The number of nitrogens with two attached hydrogens (primary N) is 1. The molecule has 0 aliphatic carbocycles. The molecule has 0 amide bonds. The summed E-state index contributed by atoms with van der Waals surface area (Å²) in [5.74, 6) is 1.47. The first-order valence-corrected chi connectivity index (χ1v) is 5.28. The van der Waals surface area contributed by atoms with Crippen molar-refractivity contribution in [3.8, 4) is 0 Å². The number of nitrogen functional groups attached to an aromatic ring is 1. The maximum Gasteiger partial charge on any atom is 0.223 e. The van der Waals surface area contributed by atoms with Crippen LogP contribution in [-0.2, 0) is 15.1 Å². The van der Waals surface area contributed by atoms with Crippen LogP contribution in [0.15, 0.2) is 0 Å². The summed E-state index contributed by atoms with van der Waals surface area (Å²) >= 11 is 0. The number of hydrogen-bond acceptors (Lipinski definition) is 6.